The number of hydrogen-bond donors (Lipinski definition) is 1. The van der Waals surface area contributed by atoms with E-state index in [0.717, 1.165) is 0 Å². The first-order chi connectivity index (χ1) is 13.6. The third kappa shape index (κ3) is 3.77. The summed E-state index contributed by atoms with van der Waals surface area (Å²) in [5.41, 5.74) is 1.90. The zero-order valence-electron chi connectivity index (χ0n) is 14.4. The highest BCUT2D eigenvalue weighted by atomic mass is 32.1. The summed E-state index contributed by atoms with van der Waals surface area (Å²) < 4.78 is 28.4. The van der Waals surface area contributed by atoms with Crippen molar-refractivity contribution in [3.05, 3.63) is 89.5 Å². The number of hydrogen-bond acceptors (Lipinski definition) is 5. The minimum Gasteiger partial charge on any atom is -0.325 e. The summed E-state index contributed by atoms with van der Waals surface area (Å²) in [6.45, 7) is 0. The zero-order valence-corrected chi connectivity index (χ0v) is 15.2. The van der Waals surface area contributed by atoms with Gasteiger partial charge in [-0.2, -0.15) is 9.97 Å². The first kappa shape index (κ1) is 17.9. The smallest absolute Gasteiger partial charge is 0.216 e. The van der Waals surface area contributed by atoms with Crippen LogP contribution >= 0.6 is 12.2 Å². The summed E-state index contributed by atoms with van der Waals surface area (Å²) in [6, 6.07) is 15.2. The van der Waals surface area contributed by atoms with Gasteiger partial charge in [-0.15, -0.1) is 0 Å². The predicted octanol–water partition coefficient (Wildman–Crippen LogP) is 5.08. The largest absolute Gasteiger partial charge is 0.325 e. The van der Waals surface area contributed by atoms with Crippen molar-refractivity contribution < 1.29 is 8.78 Å². The first-order valence-corrected chi connectivity index (χ1v) is 8.71. The molecule has 0 aliphatic rings. The molecule has 8 heteroatoms. The lowest BCUT2D eigenvalue weighted by atomic mass is 10.2. The van der Waals surface area contributed by atoms with Crippen molar-refractivity contribution in [3.63, 3.8) is 0 Å². The third-order valence-corrected chi connectivity index (χ3v) is 4.20. The van der Waals surface area contributed by atoms with Gasteiger partial charge in [0.2, 0.25) is 10.7 Å². The van der Waals surface area contributed by atoms with Crippen LogP contribution in [0, 0.1) is 16.4 Å². The molecule has 4 rings (SSSR count). The average molecular weight is 393 g/mol. The molecule has 0 saturated heterocycles. The summed E-state index contributed by atoms with van der Waals surface area (Å²) >= 11 is 5.48. The van der Waals surface area contributed by atoms with Crippen molar-refractivity contribution in [2.45, 2.75) is 0 Å². The minimum absolute atomic E-state index is 0.227. The highest BCUT2D eigenvalue weighted by Gasteiger charge is 2.12. The van der Waals surface area contributed by atoms with E-state index < -0.39 is 0 Å². The van der Waals surface area contributed by atoms with Crippen LogP contribution in [0.25, 0.3) is 17.1 Å². The molecule has 0 unspecified atom stereocenters. The van der Waals surface area contributed by atoms with Crippen LogP contribution < -0.4 is 5.32 Å². The maximum atomic E-state index is 13.3. The predicted molar refractivity (Wildman–Crippen MR) is 105 cm³/mol. The van der Waals surface area contributed by atoms with Gasteiger partial charge in [0, 0.05) is 23.6 Å². The Morgan fingerprint density at radius 2 is 1.54 bits per heavy atom. The van der Waals surface area contributed by atoms with Crippen LogP contribution in [0.2, 0.25) is 0 Å². The maximum absolute atomic E-state index is 13.3. The number of nitrogens with zero attached hydrogens (tertiary/aromatic N) is 4. The molecule has 0 bridgehead atoms. The first-order valence-electron chi connectivity index (χ1n) is 8.30. The number of nitrogens with one attached hydrogen (secondary N) is 1. The van der Waals surface area contributed by atoms with E-state index in [1.165, 1.54) is 24.3 Å². The Labute approximate surface area is 164 Å². The Hall–Kier alpha value is -3.52. The quantitative estimate of drug-likeness (QED) is 0.490. The fourth-order valence-corrected chi connectivity index (χ4v) is 2.88. The van der Waals surface area contributed by atoms with Gasteiger partial charge in [0.1, 0.15) is 11.6 Å². The van der Waals surface area contributed by atoms with E-state index >= 15 is 0 Å². The molecule has 2 aromatic heterocycles. The fourth-order valence-electron chi connectivity index (χ4n) is 2.60. The molecule has 0 saturated carbocycles. The Morgan fingerprint density at radius 1 is 0.857 bits per heavy atom. The molecule has 0 aliphatic heterocycles. The molecule has 4 aromatic rings. The molecule has 0 aliphatic carbocycles. The van der Waals surface area contributed by atoms with Gasteiger partial charge in [0.15, 0.2) is 5.82 Å². The molecule has 0 spiro atoms. The van der Waals surface area contributed by atoms with Crippen molar-refractivity contribution in [3.8, 4) is 17.1 Å². The van der Waals surface area contributed by atoms with Crippen molar-refractivity contribution in [2.24, 2.45) is 0 Å². The number of pyridine rings is 1. The Kier molecular flexibility index (Phi) is 4.86. The number of halogens is 2. The Morgan fingerprint density at radius 3 is 2.18 bits per heavy atom. The second kappa shape index (κ2) is 7.61. The molecular formula is C20H13F2N5S. The molecule has 1 N–H and O–H groups in total. The van der Waals surface area contributed by atoms with E-state index in [2.05, 4.69) is 20.3 Å². The van der Waals surface area contributed by atoms with Crippen molar-refractivity contribution >= 4 is 23.9 Å². The third-order valence-electron chi connectivity index (χ3n) is 3.92. The lowest BCUT2D eigenvalue weighted by molar-refractivity contribution is 0.627. The lowest BCUT2D eigenvalue weighted by Crippen LogP contribution is -2.11. The molecule has 5 nitrogen and oxygen atoms in total. The highest BCUT2D eigenvalue weighted by molar-refractivity contribution is 7.71. The molecule has 0 atom stereocenters. The fraction of sp³-hybridized carbons (Fsp3) is 0. The van der Waals surface area contributed by atoms with Crippen LogP contribution in [0.4, 0.5) is 20.4 Å². The molecule has 2 heterocycles. The van der Waals surface area contributed by atoms with Crippen LogP contribution in [-0.4, -0.2) is 19.5 Å². The number of benzene rings is 2. The molecule has 138 valence electrons. The van der Waals surface area contributed by atoms with E-state index in [0.29, 0.717) is 28.7 Å². The summed E-state index contributed by atoms with van der Waals surface area (Å²) in [5, 5.41) is 3.13. The van der Waals surface area contributed by atoms with Crippen LogP contribution in [0.15, 0.2) is 73.1 Å². The summed E-state index contributed by atoms with van der Waals surface area (Å²) in [7, 11) is 0. The van der Waals surface area contributed by atoms with Gasteiger partial charge in [-0.3, -0.25) is 9.55 Å². The summed E-state index contributed by atoms with van der Waals surface area (Å²) in [4.78, 5) is 13.0. The van der Waals surface area contributed by atoms with Crippen LogP contribution in [0.1, 0.15) is 0 Å². The minimum atomic E-state index is -0.365. The van der Waals surface area contributed by atoms with E-state index in [1.54, 1.807) is 47.3 Å². The number of anilines is 2. The lowest BCUT2D eigenvalue weighted by Gasteiger charge is -2.15. The molecule has 0 amide bonds. The van der Waals surface area contributed by atoms with Gasteiger partial charge < -0.3 is 5.32 Å². The molecule has 2 aromatic carbocycles. The monoisotopic (exact) mass is 393 g/mol. The molecular weight excluding hydrogens is 380 g/mol. The van der Waals surface area contributed by atoms with E-state index in [9.17, 15) is 8.78 Å². The van der Waals surface area contributed by atoms with Gasteiger partial charge in [-0.05, 0) is 72.9 Å². The Balaban J connectivity index is 1.87. The van der Waals surface area contributed by atoms with Gasteiger partial charge >= 0.3 is 0 Å². The number of aromatic nitrogens is 4. The average Bonchev–Trinajstić information content (AvgIpc) is 2.71. The Bertz CT molecular complexity index is 1160. The van der Waals surface area contributed by atoms with Gasteiger partial charge in [0.05, 0.1) is 5.69 Å². The van der Waals surface area contributed by atoms with Gasteiger partial charge in [-0.1, -0.05) is 0 Å². The maximum Gasteiger partial charge on any atom is 0.216 e. The van der Waals surface area contributed by atoms with Crippen LogP contribution in [0.3, 0.4) is 0 Å². The molecule has 28 heavy (non-hydrogen) atoms. The van der Waals surface area contributed by atoms with E-state index in [-0.39, 0.29) is 16.4 Å². The van der Waals surface area contributed by atoms with Crippen LogP contribution in [0.5, 0.6) is 0 Å². The topological polar surface area (TPSA) is 55.6 Å². The van der Waals surface area contributed by atoms with E-state index in [4.69, 9.17) is 12.2 Å². The molecule has 0 radical (unpaired) electrons. The van der Waals surface area contributed by atoms with Crippen molar-refractivity contribution in [1.29, 1.82) is 0 Å². The summed E-state index contributed by atoms with van der Waals surface area (Å²) in [6.07, 6.45) is 3.28. The van der Waals surface area contributed by atoms with Gasteiger partial charge in [0.25, 0.3) is 0 Å². The van der Waals surface area contributed by atoms with Crippen molar-refractivity contribution in [1.82, 2.24) is 19.5 Å². The SMILES string of the molecule is Fc1ccc(Nc2nc(-c3cccnc3)nc(=S)n2-c2ccc(F)cc2)cc1. The van der Waals surface area contributed by atoms with Crippen molar-refractivity contribution in [2.75, 3.05) is 5.32 Å². The second-order valence-electron chi connectivity index (χ2n) is 5.84. The molecule has 0 fully saturated rings. The summed E-state index contributed by atoms with van der Waals surface area (Å²) in [5.74, 6) is 0.0361. The normalized spacial score (nSPS) is 10.6. The van der Waals surface area contributed by atoms with E-state index in [1.807, 2.05) is 6.07 Å². The number of rotatable bonds is 4. The second-order valence-corrected chi connectivity index (χ2v) is 6.20. The highest BCUT2D eigenvalue weighted by Crippen LogP contribution is 2.23. The van der Waals surface area contributed by atoms with Gasteiger partial charge in [-0.25, -0.2) is 8.78 Å². The zero-order chi connectivity index (χ0) is 19.5. The standard InChI is InChI=1S/C20H13F2N5S/c21-14-3-7-16(8-4-14)24-19-25-18(13-2-1-11-23-12-13)26-20(28)27(19)17-9-5-15(22)6-10-17/h1-12H,(H,24,25,26,28). The van der Waals surface area contributed by atoms with Crippen LogP contribution in [-0.2, 0) is 0 Å².